The van der Waals surface area contributed by atoms with Crippen LogP contribution in [0.3, 0.4) is 0 Å². The molecule has 1 aromatic rings. The first-order valence-electron chi connectivity index (χ1n) is 6.20. The van der Waals surface area contributed by atoms with Crippen LogP contribution < -0.4 is 5.32 Å². The molecule has 0 amide bonds. The molecule has 0 fully saturated rings. The van der Waals surface area contributed by atoms with E-state index in [-0.39, 0.29) is 16.7 Å². The minimum Gasteiger partial charge on any atom is -0.382 e. The summed E-state index contributed by atoms with van der Waals surface area (Å²) in [6.45, 7) is 4.21. The smallest absolute Gasteiger partial charge is 0.274 e. The zero-order chi connectivity index (χ0) is 14.1. The molecule has 1 atom stereocenters. The number of hydrogen-bond acceptors (Lipinski definition) is 5. The highest BCUT2D eigenvalue weighted by molar-refractivity contribution is 5.41. The summed E-state index contributed by atoms with van der Waals surface area (Å²) < 4.78 is 10.2. The second-order valence-electron chi connectivity index (χ2n) is 4.10. The summed E-state index contributed by atoms with van der Waals surface area (Å²) in [4.78, 5) is 10.6. The first kappa shape index (κ1) is 15.6. The molecule has 0 spiro atoms. The van der Waals surface area contributed by atoms with E-state index in [1.807, 2.05) is 6.92 Å². The molecule has 0 saturated carbocycles. The summed E-state index contributed by atoms with van der Waals surface area (Å²) in [6, 6.07) is 6.66. The topological polar surface area (TPSA) is 73.6 Å². The molecule has 0 heterocycles. The summed E-state index contributed by atoms with van der Waals surface area (Å²) in [5.74, 6) is 0. The standard InChI is InChI=1S/C13H20N2O4/c1-11(14-7-8-19-10-9-18-2)12-5-3-4-6-13(12)15(16)17/h3-6,11,14H,7-10H2,1-2H3. The Kier molecular flexibility index (Phi) is 7.02. The van der Waals surface area contributed by atoms with Crippen molar-refractivity contribution in [3.05, 3.63) is 39.9 Å². The van der Waals surface area contributed by atoms with E-state index in [4.69, 9.17) is 9.47 Å². The molecule has 1 N–H and O–H groups in total. The number of rotatable bonds is 9. The Labute approximate surface area is 112 Å². The third kappa shape index (κ3) is 5.34. The Bertz CT molecular complexity index is 398. The highest BCUT2D eigenvalue weighted by atomic mass is 16.6. The Morgan fingerprint density at radius 3 is 2.74 bits per heavy atom. The molecule has 0 aliphatic carbocycles. The number of nitrogens with one attached hydrogen (secondary N) is 1. The summed E-state index contributed by atoms with van der Waals surface area (Å²) >= 11 is 0. The summed E-state index contributed by atoms with van der Waals surface area (Å²) in [6.07, 6.45) is 0. The third-order valence-electron chi connectivity index (χ3n) is 2.73. The Hall–Kier alpha value is -1.50. The third-order valence-corrected chi connectivity index (χ3v) is 2.73. The Morgan fingerprint density at radius 1 is 1.32 bits per heavy atom. The van der Waals surface area contributed by atoms with Crippen LogP contribution in [0.25, 0.3) is 0 Å². The van der Waals surface area contributed by atoms with Gasteiger partial charge < -0.3 is 14.8 Å². The van der Waals surface area contributed by atoms with Crippen LogP contribution >= 0.6 is 0 Å². The highest BCUT2D eigenvalue weighted by Crippen LogP contribution is 2.23. The van der Waals surface area contributed by atoms with E-state index < -0.39 is 0 Å². The lowest BCUT2D eigenvalue weighted by atomic mass is 10.1. The predicted octanol–water partition coefficient (Wildman–Crippen LogP) is 1.91. The fourth-order valence-corrected chi connectivity index (χ4v) is 1.72. The van der Waals surface area contributed by atoms with Crippen molar-refractivity contribution in [3.63, 3.8) is 0 Å². The van der Waals surface area contributed by atoms with Gasteiger partial charge in [-0.25, -0.2) is 0 Å². The number of nitro groups is 1. The number of para-hydroxylation sites is 1. The fourth-order valence-electron chi connectivity index (χ4n) is 1.72. The van der Waals surface area contributed by atoms with Crippen LogP contribution in [0, 0.1) is 10.1 Å². The lowest BCUT2D eigenvalue weighted by Gasteiger charge is -2.14. The van der Waals surface area contributed by atoms with E-state index in [1.165, 1.54) is 6.07 Å². The molecule has 1 unspecified atom stereocenters. The molecule has 19 heavy (non-hydrogen) atoms. The average molecular weight is 268 g/mol. The van der Waals surface area contributed by atoms with Crippen LogP contribution in [0.15, 0.2) is 24.3 Å². The lowest BCUT2D eigenvalue weighted by molar-refractivity contribution is -0.385. The minimum atomic E-state index is -0.359. The van der Waals surface area contributed by atoms with Crippen molar-refractivity contribution < 1.29 is 14.4 Å². The molecular weight excluding hydrogens is 248 g/mol. The lowest BCUT2D eigenvalue weighted by Crippen LogP contribution is -2.24. The zero-order valence-electron chi connectivity index (χ0n) is 11.3. The molecular formula is C13H20N2O4. The van der Waals surface area contributed by atoms with Gasteiger partial charge >= 0.3 is 0 Å². The molecule has 6 heteroatoms. The average Bonchev–Trinajstić information content (AvgIpc) is 2.42. The van der Waals surface area contributed by atoms with E-state index >= 15 is 0 Å². The second-order valence-corrected chi connectivity index (χ2v) is 4.10. The van der Waals surface area contributed by atoms with Crippen molar-refractivity contribution in [2.24, 2.45) is 0 Å². The van der Waals surface area contributed by atoms with Gasteiger partial charge in [0.1, 0.15) is 0 Å². The maximum absolute atomic E-state index is 10.9. The van der Waals surface area contributed by atoms with Crippen molar-refractivity contribution in [1.82, 2.24) is 5.32 Å². The van der Waals surface area contributed by atoms with Gasteiger partial charge in [0, 0.05) is 31.3 Å². The molecule has 6 nitrogen and oxygen atoms in total. The summed E-state index contributed by atoms with van der Waals surface area (Å²) in [5.41, 5.74) is 0.826. The number of methoxy groups -OCH3 is 1. The summed E-state index contributed by atoms with van der Waals surface area (Å²) in [5, 5.41) is 14.1. The molecule has 0 bridgehead atoms. The van der Waals surface area contributed by atoms with Crippen molar-refractivity contribution in [2.75, 3.05) is 33.5 Å². The largest absolute Gasteiger partial charge is 0.382 e. The maximum Gasteiger partial charge on any atom is 0.274 e. The number of nitrogens with zero attached hydrogens (tertiary/aromatic N) is 1. The van der Waals surface area contributed by atoms with Gasteiger partial charge in [-0.2, -0.15) is 0 Å². The van der Waals surface area contributed by atoms with Crippen LogP contribution in [-0.4, -0.2) is 38.4 Å². The van der Waals surface area contributed by atoms with E-state index in [0.717, 1.165) is 0 Å². The van der Waals surface area contributed by atoms with Gasteiger partial charge in [-0.1, -0.05) is 18.2 Å². The molecule has 0 aliphatic rings. The fraction of sp³-hybridized carbons (Fsp3) is 0.538. The maximum atomic E-state index is 10.9. The van der Waals surface area contributed by atoms with Crippen LogP contribution in [-0.2, 0) is 9.47 Å². The van der Waals surface area contributed by atoms with Gasteiger partial charge in [-0.05, 0) is 6.92 Å². The summed E-state index contributed by atoms with van der Waals surface area (Å²) in [7, 11) is 1.62. The molecule has 1 rings (SSSR count). The van der Waals surface area contributed by atoms with Crippen LogP contribution in [0.1, 0.15) is 18.5 Å². The second kappa shape index (κ2) is 8.58. The number of benzene rings is 1. The molecule has 106 valence electrons. The number of hydrogen-bond donors (Lipinski definition) is 1. The van der Waals surface area contributed by atoms with Crippen LogP contribution in [0.2, 0.25) is 0 Å². The normalized spacial score (nSPS) is 12.3. The number of ether oxygens (including phenoxy) is 2. The van der Waals surface area contributed by atoms with Crippen molar-refractivity contribution in [2.45, 2.75) is 13.0 Å². The SMILES string of the molecule is COCCOCCNC(C)c1ccccc1[N+](=O)[O-]. The Morgan fingerprint density at radius 2 is 2.05 bits per heavy atom. The van der Waals surface area contributed by atoms with E-state index in [9.17, 15) is 10.1 Å². The quantitative estimate of drug-likeness (QED) is 0.420. The monoisotopic (exact) mass is 268 g/mol. The van der Waals surface area contributed by atoms with Crippen LogP contribution in [0.5, 0.6) is 0 Å². The first-order valence-corrected chi connectivity index (χ1v) is 6.20. The van der Waals surface area contributed by atoms with Crippen molar-refractivity contribution in [3.8, 4) is 0 Å². The van der Waals surface area contributed by atoms with E-state index in [1.54, 1.807) is 25.3 Å². The van der Waals surface area contributed by atoms with Gasteiger partial charge in [0.15, 0.2) is 0 Å². The number of nitro benzene ring substituents is 1. The van der Waals surface area contributed by atoms with Gasteiger partial charge in [-0.15, -0.1) is 0 Å². The minimum absolute atomic E-state index is 0.0902. The van der Waals surface area contributed by atoms with Gasteiger partial charge in [0.05, 0.1) is 24.7 Å². The van der Waals surface area contributed by atoms with Crippen molar-refractivity contribution >= 4 is 5.69 Å². The van der Waals surface area contributed by atoms with Gasteiger partial charge in [0.2, 0.25) is 0 Å². The Balaban J connectivity index is 2.41. The van der Waals surface area contributed by atoms with E-state index in [2.05, 4.69) is 5.32 Å². The molecule has 1 aromatic carbocycles. The molecule has 0 radical (unpaired) electrons. The highest BCUT2D eigenvalue weighted by Gasteiger charge is 2.17. The molecule has 0 saturated heterocycles. The first-order chi connectivity index (χ1) is 9.16. The molecule has 0 aliphatic heterocycles. The predicted molar refractivity (Wildman–Crippen MR) is 72.2 cm³/mol. The van der Waals surface area contributed by atoms with E-state index in [0.29, 0.717) is 31.9 Å². The molecule has 0 aromatic heterocycles. The van der Waals surface area contributed by atoms with Crippen molar-refractivity contribution in [1.29, 1.82) is 0 Å². The van der Waals surface area contributed by atoms with Crippen LogP contribution in [0.4, 0.5) is 5.69 Å². The van der Waals surface area contributed by atoms with Gasteiger partial charge in [-0.3, -0.25) is 10.1 Å². The zero-order valence-corrected chi connectivity index (χ0v) is 11.3. The van der Waals surface area contributed by atoms with Gasteiger partial charge in [0.25, 0.3) is 5.69 Å².